The Hall–Kier alpha value is -0.780. The molecule has 0 aromatic carbocycles. The predicted molar refractivity (Wildman–Crippen MR) is 54.7 cm³/mol. The van der Waals surface area contributed by atoms with Crippen LogP contribution in [0.25, 0.3) is 0 Å². The van der Waals surface area contributed by atoms with E-state index in [4.69, 9.17) is 28.5 Å². The summed E-state index contributed by atoms with van der Waals surface area (Å²) in [5.41, 5.74) is 0.215. The van der Waals surface area contributed by atoms with Gasteiger partial charge in [-0.2, -0.15) is 5.26 Å². The Bertz CT molecular complexity index is 334. The maximum Gasteiger partial charge on any atom is 0.158 e. The van der Waals surface area contributed by atoms with Gasteiger partial charge in [0, 0.05) is 11.2 Å². The third-order valence-corrected chi connectivity index (χ3v) is 2.57. The summed E-state index contributed by atoms with van der Waals surface area (Å²) in [4.78, 5) is 3.88. The summed E-state index contributed by atoms with van der Waals surface area (Å²) in [7, 11) is 0. The fourth-order valence-corrected chi connectivity index (χ4v) is 1.20. The van der Waals surface area contributed by atoms with Crippen molar-refractivity contribution in [2.45, 2.75) is 13.3 Å². The molecule has 0 amide bonds. The van der Waals surface area contributed by atoms with Gasteiger partial charge in [-0.3, -0.25) is 0 Å². The lowest BCUT2D eigenvalue weighted by atomic mass is 10.1. The standard InChI is InChI=1S/C9H8Cl2N2/c1-6-2-3-7(10)9(4-12)13-5-8(6)11/h3,5-6H,2H2,1H3/b7-3-,8-5+,13-9-. The van der Waals surface area contributed by atoms with Gasteiger partial charge in [-0.05, 0) is 12.3 Å². The van der Waals surface area contributed by atoms with Crippen molar-refractivity contribution in [2.24, 2.45) is 10.9 Å². The number of aliphatic imine (C=N–C) groups is 1. The van der Waals surface area contributed by atoms with Gasteiger partial charge in [0.2, 0.25) is 0 Å². The van der Waals surface area contributed by atoms with Crippen molar-refractivity contribution in [1.29, 1.82) is 5.26 Å². The molecular formula is C9H8Cl2N2. The molecule has 4 heteroatoms. The Labute approximate surface area is 87.2 Å². The average molecular weight is 215 g/mol. The second kappa shape index (κ2) is 4.45. The summed E-state index contributed by atoms with van der Waals surface area (Å²) in [5, 5.41) is 9.70. The number of hydrogen-bond acceptors (Lipinski definition) is 2. The summed E-state index contributed by atoms with van der Waals surface area (Å²) in [6, 6.07) is 1.90. The first-order valence-corrected chi connectivity index (χ1v) is 4.60. The third kappa shape index (κ3) is 2.58. The first-order valence-electron chi connectivity index (χ1n) is 3.84. The van der Waals surface area contributed by atoms with Gasteiger partial charge >= 0.3 is 0 Å². The summed E-state index contributed by atoms with van der Waals surface area (Å²) in [6.07, 6.45) is 3.98. The van der Waals surface area contributed by atoms with Crippen molar-refractivity contribution in [3.63, 3.8) is 0 Å². The lowest BCUT2D eigenvalue weighted by Crippen LogP contribution is -2.00. The minimum absolute atomic E-state index is 0.208. The van der Waals surface area contributed by atoms with E-state index in [1.54, 1.807) is 6.08 Å². The van der Waals surface area contributed by atoms with Crippen LogP contribution in [-0.4, -0.2) is 5.71 Å². The van der Waals surface area contributed by atoms with Crippen LogP contribution in [0.5, 0.6) is 0 Å². The topological polar surface area (TPSA) is 36.1 Å². The summed E-state index contributed by atoms with van der Waals surface area (Å²) < 4.78 is 0. The zero-order valence-electron chi connectivity index (χ0n) is 7.09. The Balaban J connectivity index is 3.06. The van der Waals surface area contributed by atoms with Crippen LogP contribution in [0.15, 0.2) is 27.3 Å². The van der Waals surface area contributed by atoms with Crippen LogP contribution in [0.1, 0.15) is 13.3 Å². The molecular weight excluding hydrogens is 207 g/mol. The number of allylic oxidation sites excluding steroid dienone is 3. The molecule has 0 spiro atoms. The lowest BCUT2D eigenvalue weighted by molar-refractivity contribution is 0.726. The number of halogens is 2. The van der Waals surface area contributed by atoms with Crippen LogP contribution in [0.4, 0.5) is 0 Å². The zero-order chi connectivity index (χ0) is 9.84. The van der Waals surface area contributed by atoms with Crippen LogP contribution >= 0.6 is 23.2 Å². The van der Waals surface area contributed by atoms with Gasteiger partial charge in [-0.1, -0.05) is 36.2 Å². The third-order valence-electron chi connectivity index (χ3n) is 1.77. The van der Waals surface area contributed by atoms with Crippen molar-refractivity contribution in [3.05, 3.63) is 22.3 Å². The molecule has 0 N–H and O–H groups in total. The fraction of sp³-hybridized carbons (Fsp3) is 0.333. The highest BCUT2D eigenvalue weighted by Crippen LogP contribution is 2.23. The zero-order valence-corrected chi connectivity index (χ0v) is 8.60. The second-order valence-corrected chi connectivity index (χ2v) is 3.64. The van der Waals surface area contributed by atoms with E-state index < -0.39 is 0 Å². The van der Waals surface area contributed by atoms with E-state index in [9.17, 15) is 0 Å². The van der Waals surface area contributed by atoms with Gasteiger partial charge < -0.3 is 0 Å². The average Bonchev–Trinajstić information content (AvgIpc) is 2.13. The maximum atomic E-state index is 8.65. The van der Waals surface area contributed by atoms with Crippen molar-refractivity contribution in [3.8, 4) is 6.07 Å². The molecule has 1 aliphatic rings. The molecule has 0 aliphatic carbocycles. The summed E-state index contributed by atoms with van der Waals surface area (Å²) >= 11 is 11.7. The van der Waals surface area contributed by atoms with E-state index in [0.29, 0.717) is 10.1 Å². The molecule has 68 valence electrons. The van der Waals surface area contributed by atoms with E-state index in [1.165, 1.54) is 6.20 Å². The Kier molecular flexibility index (Phi) is 3.53. The van der Waals surface area contributed by atoms with Crippen LogP contribution in [-0.2, 0) is 0 Å². The monoisotopic (exact) mass is 214 g/mol. The molecule has 2 nitrogen and oxygen atoms in total. The van der Waals surface area contributed by atoms with Crippen molar-refractivity contribution < 1.29 is 0 Å². The highest BCUT2D eigenvalue weighted by Gasteiger charge is 2.10. The minimum atomic E-state index is 0.208. The first kappa shape index (κ1) is 10.3. The van der Waals surface area contributed by atoms with Gasteiger partial charge in [-0.15, -0.1) is 0 Å². The largest absolute Gasteiger partial charge is 0.243 e. The number of nitrogens with zero attached hydrogens (tertiary/aromatic N) is 2. The van der Waals surface area contributed by atoms with Crippen molar-refractivity contribution in [2.75, 3.05) is 0 Å². The smallest absolute Gasteiger partial charge is 0.158 e. The molecule has 1 aliphatic heterocycles. The van der Waals surface area contributed by atoms with E-state index in [0.717, 1.165) is 6.42 Å². The highest BCUT2D eigenvalue weighted by molar-refractivity contribution is 6.46. The molecule has 0 fully saturated rings. The lowest BCUT2D eigenvalue weighted by Gasteiger charge is -2.08. The molecule has 1 rings (SSSR count). The molecule has 0 saturated carbocycles. The van der Waals surface area contributed by atoms with Crippen molar-refractivity contribution >= 4 is 28.9 Å². The normalized spacial score (nSPS) is 35.2. The first-order chi connectivity index (χ1) is 6.15. The van der Waals surface area contributed by atoms with Gasteiger partial charge in [0.15, 0.2) is 5.71 Å². The van der Waals surface area contributed by atoms with E-state index in [-0.39, 0.29) is 11.6 Å². The predicted octanol–water partition coefficient (Wildman–Crippen LogP) is 3.19. The molecule has 1 unspecified atom stereocenters. The number of nitriles is 1. The minimum Gasteiger partial charge on any atom is -0.243 e. The quantitative estimate of drug-likeness (QED) is 0.611. The van der Waals surface area contributed by atoms with Gasteiger partial charge in [0.05, 0.1) is 5.03 Å². The number of hydrogen-bond donors (Lipinski definition) is 0. The van der Waals surface area contributed by atoms with E-state index >= 15 is 0 Å². The van der Waals surface area contributed by atoms with Gasteiger partial charge in [0.1, 0.15) is 6.07 Å². The van der Waals surface area contributed by atoms with Gasteiger partial charge in [-0.25, -0.2) is 4.99 Å². The van der Waals surface area contributed by atoms with Gasteiger partial charge in [0.25, 0.3) is 0 Å². The van der Waals surface area contributed by atoms with Crippen LogP contribution < -0.4 is 0 Å². The highest BCUT2D eigenvalue weighted by atomic mass is 35.5. The Morgan fingerprint density at radius 1 is 1.62 bits per heavy atom. The summed E-state index contributed by atoms with van der Waals surface area (Å²) in [6.45, 7) is 1.98. The van der Waals surface area contributed by atoms with Crippen LogP contribution in [0.3, 0.4) is 0 Å². The molecule has 0 bridgehead atoms. The van der Waals surface area contributed by atoms with E-state index in [1.807, 2.05) is 13.0 Å². The molecule has 1 heterocycles. The second-order valence-electron chi connectivity index (χ2n) is 2.79. The summed E-state index contributed by atoms with van der Waals surface area (Å²) in [5.74, 6) is 0.208. The maximum absolute atomic E-state index is 8.65. The van der Waals surface area contributed by atoms with Crippen LogP contribution in [0, 0.1) is 17.2 Å². The van der Waals surface area contributed by atoms with Crippen LogP contribution in [0.2, 0.25) is 0 Å². The Morgan fingerprint density at radius 3 is 2.92 bits per heavy atom. The van der Waals surface area contributed by atoms with Crippen molar-refractivity contribution in [1.82, 2.24) is 0 Å². The van der Waals surface area contributed by atoms with E-state index in [2.05, 4.69) is 4.99 Å². The number of rotatable bonds is 0. The molecule has 1 atom stereocenters. The molecule has 0 radical (unpaired) electrons. The molecule has 0 aromatic heterocycles. The fourth-order valence-electron chi connectivity index (χ4n) is 0.887. The molecule has 0 saturated heterocycles. The SMILES string of the molecule is CC1C/C=C(Cl)/C(C#N)=N\C=C/1Cl. The molecule has 0 aromatic rings. The Morgan fingerprint density at radius 2 is 2.31 bits per heavy atom. The molecule has 13 heavy (non-hydrogen) atoms.